The van der Waals surface area contributed by atoms with Gasteiger partial charge < -0.3 is 30.7 Å². The minimum Gasteiger partial charge on any atom is -0.497 e. The van der Waals surface area contributed by atoms with Gasteiger partial charge in [-0.15, -0.1) is 0 Å². The van der Waals surface area contributed by atoms with E-state index in [0.717, 1.165) is 11.3 Å². The average Bonchev–Trinajstić information content (AvgIpc) is 3.28. The Morgan fingerprint density at radius 1 is 1.38 bits per heavy atom. The highest BCUT2D eigenvalue weighted by Gasteiger charge is 2.46. The number of carboxylic acid groups (broad SMARTS) is 1. The maximum Gasteiger partial charge on any atom is 0.334 e. The number of aliphatic hydroxyl groups excluding tert-OH is 1. The van der Waals surface area contributed by atoms with Crippen LogP contribution >= 0.6 is 0 Å². The molecule has 3 aromatic rings. The number of nitrogens with zero attached hydrogens (tertiary/aromatic N) is 4. The molecule has 4 rings (SSSR count). The lowest BCUT2D eigenvalue weighted by molar-refractivity contribution is -0.152. The number of ether oxygens (including phenoxy) is 2. The zero-order chi connectivity index (χ0) is 20.5. The van der Waals surface area contributed by atoms with Gasteiger partial charge in [-0.1, -0.05) is 12.1 Å². The quantitative estimate of drug-likeness (QED) is 0.448. The molecule has 1 aromatic carbocycles. The molecule has 0 amide bonds. The van der Waals surface area contributed by atoms with Gasteiger partial charge in [-0.25, -0.2) is 19.7 Å². The van der Waals surface area contributed by atoms with Crippen molar-refractivity contribution in [3.63, 3.8) is 0 Å². The summed E-state index contributed by atoms with van der Waals surface area (Å²) >= 11 is 0. The number of carboxylic acids is 1. The second kappa shape index (κ2) is 7.62. The normalized spacial score (nSPS) is 24.0. The average molecular weight is 400 g/mol. The van der Waals surface area contributed by atoms with Crippen LogP contribution in [0.4, 0.5) is 5.82 Å². The predicted octanol–water partition coefficient (Wildman–Crippen LogP) is 0.117. The lowest BCUT2D eigenvalue weighted by atomic mass is 10.1. The van der Waals surface area contributed by atoms with Crippen molar-refractivity contribution in [2.45, 2.75) is 31.0 Å². The van der Waals surface area contributed by atoms with Crippen molar-refractivity contribution in [2.24, 2.45) is 5.73 Å². The van der Waals surface area contributed by atoms with Crippen molar-refractivity contribution in [3.05, 3.63) is 42.5 Å². The highest BCUT2D eigenvalue weighted by Crippen LogP contribution is 2.31. The molecule has 4 atom stereocenters. The van der Waals surface area contributed by atoms with Crippen LogP contribution in [-0.4, -0.2) is 61.1 Å². The number of hydrogen-bond acceptors (Lipinski definition) is 9. The number of aliphatic carboxylic acids is 1. The molecular formula is C18H20N6O5. The van der Waals surface area contributed by atoms with E-state index in [1.54, 1.807) is 7.11 Å². The van der Waals surface area contributed by atoms with Gasteiger partial charge >= 0.3 is 5.97 Å². The van der Waals surface area contributed by atoms with E-state index in [-0.39, 0.29) is 0 Å². The number of nitrogens with one attached hydrogen (secondary N) is 1. The van der Waals surface area contributed by atoms with Gasteiger partial charge in [0.15, 0.2) is 29.3 Å². The number of anilines is 1. The molecular weight excluding hydrogens is 380 g/mol. The first-order valence-corrected chi connectivity index (χ1v) is 8.86. The Kier molecular flexibility index (Phi) is 5.01. The standard InChI is InChI=1S/C18H20N6O5/c1-28-10-4-2-3-9(5-10)6-20-15-12-16(22-7-21-15)24(8-23-12)17-13(25)11(19)14(29-17)18(26)27/h2-5,7-8,11,13-14,17,25H,6,19H2,1H3,(H,26,27)(H,20,21,22)/t11-,13+,14-,17+/m0/s1. The van der Waals surface area contributed by atoms with E-state index in [4.69, 9.17) is 15.2 Å². The van der Waals surface area contributed by atoms with Crippen LogP contribution in [-0.2, 0) is 16.1 Å². The molecule has 29 heavy (non-hydrogen) atoms. The zero-order valence-corrected chi connectivity index (χ0v) is 15.5. The first-order valence-electron chi connectivity index (χ1n) is 8.86. The third-order valence-corrected chi connectivity index (χ3v) is 4.79. The molecule has 0 spiro atoms. The van der Waals surface area contributed by atoms with E-state index in [1.165, 1.54) is 17.2 Å². The molecule has 0 unspecified atom stereocenters. The van der Waals surface area contributed by atoms with Crippen LogP contribution in [0, 0.1) is 0 Å². The van der Waals surface area contributed by atoms with Crippen LogP contribution in [0.5, 0.6) is 5.75 Å². The summed E-state index contributed by atoms with van der Waals surface area (Å²) in [7, 11) is 1.60. The second-order valence-corrected chi connectivity index (χ2v) is 6.60. The Bertz CT molecular complexity index is 1040. The Morgan fingerprint density at radius 2 is 2.21 bits per heavy atom. The summed E-state index contributed by atoms with van der Waals surface area (Å²) in [6, 6.07) is 6.53. The Morgan fingerprint density at radius 3 is 2.93 bits per heavy atom. The molecule has 3 heterocycles. The summed E-state index contributed by atoms with van der Waals surface area (Å²) in [5.41, 5.74) is 7.61. The van der Waals surface area contributed by atoms with Crippen LogP contribution in [0.2, 0.25) is 0 Å². The summed E-state index contributed by atoms with van der Waals surface area (Å²) in [5, 5.41) is 22.8. The first-order chi connectivity index (χ1) is 14.0. The molecule has 0 bridgehead atoms. The molecule has 1 aliphatic rings. The van der Waals surface area contributed by atoms with E-state index < -0.39 is 30.4 Å². The van der Waals surface area contributed by atoms with Gasteiger partial charge in [0.1, 0.15) is 18.2 Å². The number of aromatic nitrogens is 4. The van der Waals surface area contributed by atoms with Crippen molar-refractivity contribution < 1.29 is 24.5 Å². The molecule has 5 N–H and O–H groups in total. The van der Waals surface area contributed by atoms with Crippen LogP contribution in [0.1, 0.15) is 11.8 Å². The fourth-order valence-corrected chi connectivity index (χ4v) is 3.28. The van der Waals surface area contributed by atoms with Crippen LogP contribution in [0.15, 0.2) is 36.9 Å². The van der Waals surface area contributed by atoms with E-state index in [2.05, 4.69) is 20.3 Å². The topological polar surface area (TPSA) is 158 Å². The zero-order valence-electron chi connectivity index (χ0n) is 15.5. The van der Waals surface area contributed by atoms with Crippen molar-refractivity contribution >= 4 is 23.0 Å². The number of rotatable bonds is 6. The van der Waals surface area contributed by atoms with Crippen molar-refractivity contribution in [1.82, 2.24) is 19.5 Å². The fraction of sp³-hybridized carbons (Fsp3) is 0.333. The highest BCUT2D eigenvalue weighted by molar-refractivity contribution is 5.82. The molecule has 0 aliphatic carbocycles. The van der Waals surface area contributed by atoms with Gasteiger partial charge in [0.2, 0.25) is 0 Å². The fourth-order valence-electron chi connectivity index (χ4n) is 3.28. The largest absolute Gasteiger partial charge is 0.497 e. The summed E-state index contributed by atoms with van der Waals surface area (Å²) in [5.74, 6) is -0.0000121. The highest BCUT2D eigenvalue weighted by atomic mass is 16.6. The Hall–Kier alpha value is -3.28. The van der Waals surface area contributed by atoms with Crippen LogP contribution in [0.25, 0.3) is 11.2 Å². The number of methoxy groups -OCH3 is 1. The number of aliphatic hydroxyl groups is 1. The lowest BCUT2D eigenvalue weighted by Gasteiger charge is -2.16. The van der Waals surface area contributed by atoms with E-state index in [0.29, 0.717) is 23.5 Å². The van der Waals surface area contributed by atoms with Crippen molar-refractivity contribution in [2.75, 3.05) is 12.4 Å². The predicted molar refractivity (Wildman–Crippen MR) is 101 cm³/mol. The maximum atomic E-state index is 11.3. The third-order valence-electron chi connectivity index (χ3n) is 4.79. The van der Waals surface area contributed by atoms with E-state index >= 15 is 0 Å². The monoisotopic (exact) mass is 400 g/mol. The van der Waals surface area contributed by atoms with Gasteiger partial charge in [0.25, 0.3) is 0 Å². The summed E-state index contributed by atoms with van der Waals surface area (Å²) in [4.78, 5) is 24.0. The summed E-state index contributed by atoms with van der Waals surface area (Å²) < 4.78 is 12.1. The van der Waals surface area contributed by atoms with Gasteiger partial charge in [-0.2, -0.15) is 0 Å². The van der Waals surface area contributed by atoms with Crippen molar-refractivity contribution in [3.8, 4) is 5.75 Å². The molecule has 11 nitrogen and oxygen atoms in total. The molecule has 11 heteroatoms. The van der Waals surface area contributed by atoms with Gasteiger partial charge in [-0.3, -0.25) is 4.57 Å². The SMILES string of the molecule is COc1cccc(CNc2ncnc3c2ncn3[C@@H]2O[C@H](C(=O)O)[C@@H](N)[C@H]2O)c1. The lowest BCUT2D eigenvalue weighted by Crippen LogP contribution is -2.43. The minimum atomic E-state index is -1.32. The van der Waals surface area contributed by atoms with Gasteiger partial charge in [-0.05, 0) is 17.7 Å². The second-order valence-electron chi connectivity index (χ2n) is 6.60. The summed E-state index contributed by atoms with van der Waals surface area (Å²) in [6.07, 6.45) is -0.792. The van der Waals surface area contributed by atoms with Crippen molar-refractivity contribution in [1.29, 1.82) is 0 Å². The Balaban J connectivity index is 1.59. The maximum absolute atomic E-state index is 11.3. The molecule has 1 saturated heterocycles. The number of benzene rings is 1. The van der Waals surface area contributed by atoms with Gasteiger partial charge in [0.05, 0.1) is 19.5 Å². The Labute approximate surface area is 165 Å². The number of carbonyl (C=O) groups is 1. The van der Waals surface area contributed by atoms with Crippen LogP contribution in [0.3, 0.4) is 0 Å². The number of hydrogen-bond donors (Lipinski definition) is 4. The molecule has 1 aliphatic heterocycles. The third kappa shape index (κ3) is 3.46. The minimum absolute atomic E-state index is 0.385. The molecule has 1 fully saturated rings. The number of imidazole rings is 1. The first kappa shape index (κ1) is 19.1. The smallest absolute Gasteiger partial charge is 0.334 e. The molecule has 152 valence electrons. The molecule has 2 aromatic heterocycles. The van der Waals surface area contributed by atoms with E-state index in [1.807, 2.05) is 24.3 Å². The van der Waals surface area contributed by atoms with Crippen LogP contribution < -0.4 is 15.8 Å². The molecule has 0 saturated carbocycles. The number of nitrogens with two attached hydrogens (primary N) is 1. The summed E-state index contributed by atoms with van der Waals surface area (Å²) in [6.45, 7) is 0.477. The number of fused-ring (bicyclic) bond motifs is 1. The molecule has 0 radical (unpaired) electrons. The van der Waals surface area contributed by atoms with Gasteiger partial charge in [0, 0.05) is 6.54 Å². The van der Waals surface area contributed by atoms with E-state index in [9.17, 15) is 15.0 Å².